The number of carboxylic acids is 1. The molecule has 0 aromatic rings. The van der Waals surface area contributed by atoms with Crippen LogP contribution in [0.1, 0.15) is 33.1 Å². The summed E-state index contributed by atoms with van der Waals surface area (Å²) in [6, 6.07) is -0.279. The van der Waals surface area contributed by atoms with E-state index in [-0.39, 0.29) is 24.5 Å². The van der Waals surface area contributed by atoms with Gasteiger partial charge < -0.3 is 14.7 Å². The van der Waals surface area contributed by atoms with Crippen LogP contribution >= 0.6 is 0 Å². The third-order valence-corrected chi connectivity index (χ3v) is 2.83. The molecule has 1 heterocycles. The number of amides is 1. The summed E-state index contributed by atoms with van der Waals surface area (Å²) < 4.78 is 5.31. The second-order valence-electron chi connectivity index (χ2n) is 4.07. The molecule has 5 nitrogen and oxygen atoms in total. The van der Waals surface area contributed by atoms with Crippen LogP contribution in [0.15, 0.2) is 0 Å². The van der Waals surface area contributed by atoms with Gasteiger partial charge in [-0.15, -0.1) is 0 Å². The standard InChI is InChI=1S/C11H19NO4/c1-3-12(8(2)7-10(13)14)11(15)9-5-4-6-16-9/h8-9H,3-7H2,1-2H3,(H,13,14)/t8?,9-/m1/s1. The fraction of sp³-hybridized carbons (Fsp3) is 0.818. The zero-order chi connectivity index (χ0) is 12.1. The van der Waals surface area contributed by atoms with E-state index in [4.69, 9.17) is 9.84 Å². The van der Waals surface area contributed by atoms with E-state index in [1.165, 1.54) is 0 Å². The van der Waals surface area contributed by atoms with Crippen LogP contribution in [0.3, 0.4) is 0 Å². The molecule has 0 saturated carbocycles. The molecule has 1 saturated heterocycles. The second kappa shape index (κ2) is 5.84. The molecule has 1 aliphatic rings. The average Bonchev–Trinajstić information content (AvgIpc) is 2.69. The first kappa shape index (κ1) is 13.0. The molecule has 1 rings (SSSR count). The number of rotatable bonds is 5. The first-order chi connectivity index (χ1) is 7.56. The topological polar surface area (TPSA) is 66.8 Å². The van der Waals surface area contributed by atoms with Gasteiger partial charge in [-0.3, -0.25) is 9.59 Å². The van der Waals surface area contributed by atoms with E-state index in [1.807, 2.05) is 6.92 Å². The van der Waals surface area contributed by atoms with Gasteiger partial charge in [-0.2, -0.15) is 0 Å². The summed E-state index contributed by atoms with van der Waals surface area (Å²) in [5, 5.41) is 8.71. The smallest absolute Gasteiger partial charge is 0.305 e. The van der Waals surface area contributed by atoms with Crippen LogP contribution in [-0.4, -0.2) is 47.2 Å². The van der Waals surface area contributed by atoms with Crippen molar-refractivity contribution >= 4 is 11.9 Å². The Bertz CT molecular complexity index is 261. The number of nitrogens with zero attached hydrogens (tertiary/aromatic N) is 1. The lowest BCUT2D eigenvalue weighted by atomic mass is 10.1. The molecule has 1 unspecified atom stereocenters. The summed E-state index contributed by atoms with van der Waals surface area (Å²) in [5.41, 5.74) is 0. The molecule has 1 amide bonds. The fourth-order valence-electron chi connectivity index (χ4n) is 2.00. The van der Waals surface area contributed by atoms with E-state index in [0.717, 1.165) is 12.8 Å². The molecule has 2 atom stereocenters. The number of likely N-dealkylation sites (N-methyl/N-ethyl adjacent to an activating group) is 1. The highest BCUT2D eigenvalue weighted by molar-refractivity contribution is 5.82. The summed E-state index contributed by atoms with van der Waals surface area (Å²) in [7, 11) is 0. The quantitative estimate of drug-likeness (QED) is 0.759. The van der Waals surface area contributed by atoms with Gasteiger partial charge in [-0.1, -0.05) is 0 Å². The van der Waals surface area contributed by atoms with E-state index < -0.39 is 5.97 Å². The molecular weight excluding hydrogens is 210 g/mol. The van der Waals surface area contributed by atoms with Crippen molar-refractivity contribution in [2.24, 2.45) is 0 Å². The zero-order valence-electron chi connectivity index (χ0n) is 9.81. The Morgan fingerprint density at radius 2 is 2.25 bits per heavy atom. The number of hydrogen-bond donors (Lipinski definition) is 1. The van der Waals surface area contributed by atoms with Crippen LogP contribution in [0.25, 0.3) is 0 Å². The number of carbonyl (C=O) groups excluding carboxylic acids is 1. The molecule has 1 N–H and O–H groups in total. The van der Waals surface area contributed by atoms with E-state index in [1.54, 1.807) is 11.8 Å². The van der Waals surface area contributed by atoms with Crippen molar-refractivity contribution in [2.75, 3.05) is 13.2 Å². The molecule has 5 heteroatoms. The Morgan fingerprint density at radius 1 is 1.56 bits per heavy atom. The summed E-state index contributed by atoms with van der Waals surface area (Å²) in [6.07, 6.45) is 1.26. The molecule has 1 fully saturated rings. The molecule has 92 valence electrons. The average molecular weight is 229 g/mol. The van der Waals surface area contributed by atoms with Gasteiger partial charge in [0.25, 0.3) is 5.91 Å². The lowest BCUT2D eigenvalue weighted by Gasteiger charge is -2.29. The third-order valence-electron chi connectivity index (χ3n) is 2.83. The van der Waals surface area contributed by atoms with Gasteiger partial charge >= 0.3 is 5.97 Å². The van der Waals surface area contributed by atoms with E-state index in [2.05, 4.69) is 0 Å². The van der Waals surface area contributed by atoms with Crippen molar-refractivity contribution in [3.05, 3.63) is 0 Å². The largest absolute Gasteiger partial charge is 0.481 e. The SMILES string of the molecule is CCN(C(=O)[C@H]1CCCO1)C(C)CC(=O)O. The predicted molar refractivity (Wildman–Crippen MR) is 58.1 cm³/mol. The van der Waals surface area contributed by atoms with Crippen LogP contribution in [0.2, 0.25) is 0 Å². The minimum atomic E-state index is -0.883. The van der Waals surface area contributed by atoms with Gasteiger partial charge in [0.2, 0.25) is 0 Å². The van der Waals surface area contributed by atoms with Crippen molar-refractivity contribution in [3.8, 4) is 0 Å². The normalized spacial score (nSPS) is 21.8. The van der Waals surface area contributed by atoms with Crippen LogP contribution in [0.4, 0.5) is 0 Å². The molecule has 1 aliphatic heterocycles. The van der Waals surface area contributed by atoms with E-state index in [9.17, 15) is 9.59 Å². The first-order valence-corrected chi connectivity index (χ1v) is 5.70. The molecule has 0 aliphatic carbocycles. The summed E-state index contributed by atoms with van der Waals surface area (Å²) in [5.74, 6) is -0.958. The molecular formula is C11H19NO4. The predicted octanol–water partition coefficient (Wildman–Crippen LogP) is 0.877. The number of hydrogen-bond acceptors (Lipinski definition) is 3. The van der Waals surface area contributed by atoms with Crippen molar-refractivity contribution in [1.29, 1.82) is 0 Å². The lowest BCUT2D eigenvalue weighted by molar-refractivity contribution is -0.145. The Balaban J connectivity index is 2.57. The second-order valence-corrected chi connectivity index (χ2v) is 4.07. The summed E-state index contributed by atoms with van der Waals surface area (Å²) >= 11 is 0. The Labute approximate surface area is 95.4 Å². The highest BCUT2D eigenvalue weighted by atomic mass is 16.5. The van der Waals surface area contributed by atoms with Gasteiger partial charge in [0.1, 0.15) is 6.10 Å². The zero-order valence-corrected chi connectivity index (χ0v) is 9.81. The molecule has 16 heavy (non-hydrogen) atoms. The van der Waals surface area contributed by atoms with E-state index in [0.29, 0.717) is 13.2 Å². The van der Waals surface area contributed by atoms with Crippen LogP contribution < -0.4 is 0 Å². The van der Waals surface area contributed by atoms with Crippen molar-refractivity contribution in [3.63, 3.8) is 0 Å². The summed E-state index contributed by atoms with van der Waals surface area (Å²) in [4.78, 5) is 24.2. The van der Waals surface area contributed by atoms with Gasteiger partial charge in [0.05, 0.1) is 6.42 Å². The number of aliphatic carboxylic acids is 1. The first-order valence-electron chi connectivity index (χ1n) is 5.70. The molecule has 0 radical (unpaired) electrons. The third kappa shape index (κ3) is 3.20. The molecule has 0 aromatic heterocycles. The van der Waals surface area contributed by atoms with E-state index >= 15 is 0 Å². The summed E-state index contributed by atoms with van der Waals surface area (Å²) in [6.45, 7) is 4.75. The monoisotopic (exact) mass is 229 g/mol. The highest BCUT2D eigenvalue weighted by Gasteiger charge is 2.30. The van der Waals surface area contributed by atoms with Gasteiger partial charge in [-0.05, 0) is 26.7 Å². The maximum atomic E-state index is 12.0. The Morgan fingerprint density at radius 3 is 2.69 bits per heavy atom. The Hall–Kier alpha value is -1.10. The maximum Gasteiger partial charge on any atom is 0.305 e. The van der Waals surface area contributed by atoms with Gasteiger partial charge in [0.15, 0.2) is 0 Å². The van der Waals surface area contributed by atoms with Crippen molar-refractivity contribution in [2.45, 2.75) is 45.3 Å². The van der Waals surface area contributed by atoms with Gasteiger partial charge in [-0.25, -0.2) is 0 Å². The molecule has 0 aromatic carbocycles. The maximum absolute atomic E-state index is 12.0. The van der Waals surface area contributed by atoms with Gasteiger partial charge in [0, 0.05) is 19.2 Å². The minimum absolute atomic E-state index is 0.0215. The lowest BCUT2D eigenvalue weighted by Crippen LogP contribution is -2.44. The number of ether oxygens (including phenoxy) is 1. The van der Waals surface area contributed by atoms with Crippen LogP contribution in [0.5, 0.6) is 0 Å². The number of carbonyl (C=O) groups is 2. The van der Waals surface area contributed by atoms with Crippen LogP contribution in [0, 0.1) is 0 Å². The minimum Gasteiger partial charge on any atom is -0.481 e. The highest BCUT2D eigenvalue weighted by Crippen LogP contribution is 2.17. The fourth-order valence-corrected chi connectivity index (χ4v) is 2.00. The molecule has 0 bridgehead atoms. The van der Waals surface area contributed by atoms with Crippen LogP contribution in [-0.2, 0) is 14.3 Å². The van der Waals surface area contributed by atoms with Crippen molar-refractivity contribution < 1.29 is 19.4 Å². The molecule has 0 spiro atoms. The Kier molecular flexibility index (Phi) is 4.73. The van der Waals surface area contributed by atoms with Crippen molar-refractivity contribution in [1.82, 2.24) is 4.90 Å². The number of carboxylic acid groups (broad SMARTS) is 1.